The fraction of sp³-hybridized carbons (Fsp3) is 0.571. The SMILES string of the molecule is CC1(C)OB(c2cccc3c2NCCN3)OC1(C)C. The first-order valence-corrected chi connectivity index (χ1v) is 6.87. The molecule has 1 aromatic rings. The van der Waals surface area contributed by atoms with Crippen LogP contribution in [0.15, 0.2) is 18.2 Å². The predicted molar refractivity (Wildman–Crippen MR) is 79.1 cm³/mol. The fourth-order valence-corrected chi connectivity index (χ4v) is 2.47. The summed E-state index contributed by atoms with van der Waals surface area (Å²) in [5, 5.41) is 6.83. The Kier molecular flexibility index (Phi) is 2.80. The van der Waals surface area contributed by atoms with Crippen molar-refractivity contribution in [3.8, 4) is 0 Å². The Morgan fingerprint density at radius 2 is 1.63 bits per heavy atom. The summed E-state index contributed by atoms with van der Waals surface area (Å²) < 4.78 is 12.3. The molecule has 4 nitrogen and oxygen atoms in total. The minimum absolute atomic E-state index is 0.303. The maximum absolute atomic E-state index is 6.13. The highest BCUT2D eigenvalue weighted by Crippen LogP contribution is 2.37. The highest BCUT2D eigenvalue weighted by molar-refractivity contribution is 6.64. The molecule has 5 heteroatoms. The van der Waals surface area contributed by atoms with Gasteiger partial charge in [-0.2, -0.15) is 0 Å². The molecule has 19 heavy (non-hydrogen) atoms. The Hall–Kier alpha value is -1.20. The van der Waals surface area contributed by atoms with Crippen LogP contribution in [0.2, 0.25) is 0 Å². The maximum atomic E-state index is 6.13. The normalized spacial score (nSPS) is 23.5. The van der Waals surface area contributed by atoms with E-state index in [-0.39, 0.29) is 18.3 Å². The van der Waals surface area contributed by atoms with Gasteiger partial charge in [-0.25, -0.2) is 0 Å². The number of fused-ring (bicyclic) bond motifs is 1. The van der Waals surface area contributed by atoms with Crippen molar-refractivity contribution in [2.24, 2.45) is 0 Å². The summed E-state index contributed by atoms with van der Waals surface area (Å²) in [5.74, 6) is 0. The van der Waals surface area contributed by atoms with Crippen LogP contribution in [0.25, 0.3) is 0 Å². The molecule has 0 radical (unpaired) electrons. The van der Waals surface area contributed by atoms with Gasteiger partial charge in [-0.15, -0.1) is 0 Å². The van der Waals surface area contributed by atoms with E-state index in [1.54, 1.807) is 0 Å². The lowest BCUT2D eigenvalue weighted by Crippen LogP contribution is -2.41. The number of para-hydroxylation sites is 1. The molecule has 0 spiro atoms. The molecule has 102 valence electrons. The zero-order chi connectivity index (χ0) is 13.7. The highest BCUT2D eigenvalue weighted by Gasteiger charge is 2.52. The van der Waals surface area contributed by atoms with Crippen molar-refractivity contribution >= 4 is 24.0 Å². The lowest BCUT2D eigenvalue weighted by atomic mass is 9.77. The van der Waals surface area contributed by atoms with Crippen molar-refractivity contribution < 1.29 is 9.31 Å². The number of hydrogen-bond acceptors (Lipinski definition) is 4. The minimum Gasteiger partial charge on any atom is -0.399 e. The second-order valence-electron chi connectivity index (χ2n) is 6.21. The molecule has 2 heterocycles. The van der Waals surface area contributed by atoms with Crippen molar-refractivity contribution in [3.63, 3.8) is 0 Å². The molecule has 0 aromatic heterocycles. The third-order valence-corrected chi connectivity index (χ3v) is 4.35. The molecule has 2 N–H and O–H groups in total. The number of hydrogen-bond donors (Lipinski definition) is 2. The molecule has 2 aliphatic rings. The van der Waals surface area contributed by atoms with E-state index >= 15 is 0 Å². The molecule has 0 saturated carbocycles. The summed E-state index contributed by atoms with van der Waals surface area (Å²) in [7, 11) is -0.313. The number of nitrogens with one attached hydrogen (secondary N) is 2. The Labute approximate surface area is 115 Å². The minimum atomic E-state index is -0.313. The van der Waals surface area contributed by atoms with Crippen LogP contribution in [0.4, 0.5) is 11.4 Å². The van der Waals surface area contributed by atoms with Crippen LogP contribution in [0.1, 0.15) is 27.7 Å². The summed E-state index contributed by atoms with van der Waals surface area (Å²) in [6, 6.07) is 6.19. The van der Waals surface area contributed by atoms with Crippen LogP contribution >= 0.6 is 0 Å². The van der Waals surface area contributed by atoms with E-state index in [2.05, 4.69) is 50.5 Å². The second kappa shape index (κ2) is 4.15. The number of benzene rings is 1. The molecule has 2 aliphatic heterocycles. The molecule has 1 fully saturated rings. The summed E-state index contributed by atoms with van der Waals surface area (Å²) in [6.45, 7) is 10.2. The van der Waals surface area contributed by atoms with E-state index in [1.807, 2.05) is 6.07 Å². The first-order valence-electron chi connectivity index (χ1n) is 6.87. The Balaban J connectivity index is 1.96. The molecular weight excluding hydrogens is 239 g/mol. The van der Waals surface area contributed by atoms with Gasteiger partial charge in [0.1, 0.15) is 0 Å². The van der Waals surface area contributed by atoms with E-state index < -0.39 is 0 Å². The van der Waals surface area contributed by atoms with Gasteiger partial charge in [-0.1, -0.05) is 12.1 Å². The van der Waals surface area contributed by atoms with Gasteiger partial charge in [-0.3, -0.25) is 0 Å². The number of anilines is 2. The van der Waals surface area contributed by atoms with Crippen molar-refractivity contribution in [1.29, 1.82) is 0 Å². The molecule has 0 bridgehead atoms. The zero-order valence-electron chi connectivity index (χ0n) is 12.0. The molecule has 0 aliphatic carbocycles. The standard InChI is InChI=1S/C14H21BN2O2/c1-13(2)14(3,4)19-15(18-13)10-6-5-7-11-12(10)17-9-8-16-11/h5-7,16-17H,8-9H2,1-4H3. The first-order chi connectivity index (χ1) is 8.91. The smallest absolute Gasteiger partial charge is 0.399 e. The van der Waals surface area contributed by atoms with E-state index in [4.69, 9.17) is 9.31 Å². The van der Waals surface area contributed by atoms with E-state index in [0.29, 0.717) is 0 Å². The van der Waals surface area contributed by atoms with Gasteiger partial charge in [0.05, 0.1) is 22.6 Å². The van der Waals surface area contributed by atoms with E-state index in [1.165, 1.54) is 0 Å². The summed E-state index contributed by atoms with van der Waals surface area (Å²) in [6.07, 6.45) is 0. The third-order valence-electron chi connectivity index (χ3n) is 4.35. The van der Waals surface area contributed by atoms with Crippen LogP contribution < -0.4 is 16.1 Å². The van der Waals surface area contributed by atoms with Gasteiger partial charge in [-0.05, 0) is 33.8 Å². The predicted octanol–water partition coefficient (Wildman–Crippen LogP) is 1.82. The average Bonchev–Trinajstić information content (AvgIpc) is 2.58. The van der Waals surface area contributed by atoms with Crippen LogP contribution in [0, 0.1) is 0 Å². The van der Waals surface area contributed by atoms with Crippen LogP contribution in [0.5, 0.6) is 0 Å². The van der Waals surface area contributed by atoms with E-state index in [9.17, 15) is 0 Å². The van der Waals surface area contributed by atoms with E-state index in [0.717, 1.165) is 29.9 Å². The second-order valence-corrected chi connectivity index (χ2v) is 6.21. The Morgan fingerprint density at radius 3 is 2.32 bits per heavy atom. The molecule has 0 atom stereocenters. The molecule has 3 rings (SSSR count). The molecule has 0 unspecified atom stereocenters. The van der Waals surface area contributed by atoms with Crippen LogP contribution in [-0.2, 0) is 9.31 Å². The lowest BCUT2D eigenvalue weighted by Gasteiger charge is -2.32. The highest BCUT2D eigenvalue weighted by atomic mass is 16.7. The van der Waals surface area contributed by atoms with Gasteiger partial charge in [0.2, 0.25) is 0 Å². The maximum Gasteiger partial charge on any atom is 0.497 e. The summed E-state index contributed by atoms with van der Waals surface area (Å²) in [4.78, 5) is 0. The monoisotopic (exact) mass is 260 g/mol. The van der Waals surface area contributed by atoms with Crippen molar-refractivity contribution in [3.05, 3.63) is 18.2 Å². The van der Waals surface area contributed by atoms with Crippen molar-refractivity contribution in [2.75, 3.05) is 23.7 Å². The Bertz CT molecular complexity index is 486. The van der Waals surface area contributed by atoms with Gasteiger partial charge in [0.25, 0.3) is 0 Å². The van der Waals surface area contributed by atoms with Crippen LogP contribution in [-0.4, -0.2) is 31.4 Å². The van der Waals surface area contributed by atoms with Crippen LogP contribution in [0.3, 0.4) is 0 Å². The fourth-order valence-electron chi connectivity index (χ4n) is 2.47. The third kappa shape index (κ3) is 2.01. The topological polar surface area (TPSA) is 42.5 Å². The summed E-state index contributed by atoms with van der Waals surface area (Å²) in [5.41, 5.74) is 2.69. The van der Waals surface area contributed by atoms with Gasteiger partial charge in [0, 0.05) is 18.6 Å². The summed E-state index contributed by atoms with van der Waals surface area (Å²) >= 11 is 0. The number of rotatable bonds is 1. The lowest BCUT2D eigenvalue weighted by molar-refractivity contribution is 0.00578. The first kappa shape index (κ1) is 12.8. The van der Waals surface area contributed by atoms with Gasteiger partial charge >= 0.3 is 7.12 Å². The van der Waals surface area contributed by atoms with Crippen molar-refractivity contribution in [2.45, 2.75) is 38.9 Å². The van der Waals surface area contributed by atoms with Gasteiger partial charge < -0.3 is 19.9 Å². The zero-order valence-corrected chi connectivity index (χ0v) is 12.0. The van der Waals surface area contributed by atoms with Crippen molar-refractivity contribution in [1.82, 2.24) is 0 Å². The molecular formula is C14H21BN2O2. The molecule has 0 amide bonds. The van der Waals surface area contributed by atoms with Gasteiger partial charge in [0.15, 0.2) is 0 Å². The molecule has 1 aromatic carbocycles. The Morgan fingerprint density at radius 1 is 1.00 bits per heavy atom. The molecule has 1 saturated heterocycles. The quantitative estimate of drug-likeness (QED) is 0.756. The average molecular weight is 260 g/mol. The largest absolute Gasteiger partial charge is 0.497 e.